The predicted molar refractivity (Wildman–Crippen MR) is 113 cm³/mol. The van der Waals surface area contributed by atoms with Crippen LogP contribution in [0.4, 0.5) is 0 Å². The van der Waals surface area contributed by atoms with Crippen LogP contribution in [0.25, 0.3) is 22.3 Å². The summed E-state index contributed by atoms with van der Waals surface area (Å²) in [6, 6.07) is 3.89. The summed E-state index contributed by atoms with van der Waals surface area (Å²) in [7, 11) is 0. The number of fused-ring (bicyclic) bond motifs is 5. The number of benzene rings is 1. The lowest BCUT2D eigenvalue weighted by atomic mass is 9.86. The topological polar surface area (TPSA) is 81.4 Å². The van der Waals surface area contributed by atoms with E-state index in [1.54, 1.807) is 17.6 Å². The van der Waals surface area contributed by atoms with Gasteiger partial charge in [0, 0.05) is 16.5 Å². The van der Waals surface area contributed by atoms with E-state index in [-0.39, 0.29) is 18.6 Å². The molecule has 2 aliphatic rings. The average Bonchev–Trinajstić information content (AvgIpc) is 3.11. The van der Waals surface area contributed by atoms with E-state index in [0.29, 0.717) is 23.4 Å². The summed E-state index contributed by atoms with van der Waals surface area (Å²) in [5, 5.41) is 12.1. The summed E-state index contributed by atoms with van der Waals surface area (Å²) < 4.78 is 6.81. The van der Waals surface area contributed by atoms with Gasteiger partial charge in [0.15, 0.2) is 5.60 Å². The number of hydrogen-bond acceptors (Lipinski definition) is 5. The minimum atomic E-state index is -1.80. The molecule has 0 saturated heterocycles. The molecule has 30 heavy (non-hydrogen) atoms. The maximum atomic E-state index is 13.3. The van der Waals surface area contributed by atoms with Crippen molar-refractivity contribution in [2.45, 2.75) is 59.8 Å². The lowest BCUT2D eigenvalue weighted by Gasteiger charge is -2.31. The largest absolute Gasteiger partial charge is 0.458 e. The van der Waals surface area contributed by atoms with Crippen LogP contribution in [-0.4, -0.2) is 20.6 Å². The van der Waals surface area contributed by atoms with Gasteiger partial charge in [-0.3, -0.25) is 4.79 Å². The fourth-order valence-corrected chi connectivity index (χ4v) is 4.83. The second-order valence-electron chi connectivity index (χ2n) is 8.50. The Morgan fingerprint density at radius 2 is 1.80 bits per heavy atom. The van der Waals surface area contributed by atoms with Crippen molar-refractivity contribution in [3.05, 3.63) is 61.4 Å². The minimum Gasteiger partial charge on any atom is -0.458 e. The van der Waals surface area contributed by atoms with Gasteiger partial charge in [0.05, 0.1) is 29.0 Å². The van der Waals surface area contributed by atoms with Gasteiger partial charge in [-0.1, -0.05) is 6.92 Å². The number of aliphatic hydroxyl groups is 1. The first-order valence-corrected chi connectivity index (χ1v) is 10.3. The third kappa shape index (κ3) is 2.20. The van der Waals surface area contributed by atoms with Gasteiger partial charge < -0.3 is 14.4 Å². The summed E-state index contributed by atoms with van der Waals surface area (Å²) in [6.45, 7) is 10.4. The van der Waals surface area contributed by atoms with Crippen LogP contribution in [-0.2, 0) is 28.3 Å². The number of hydrogen-bond donors (Lipinski definition) is 1. The monoisotopic (exact) mass is 404 g/mol. The van der Waals surface area contributed by atoms with Gasteiger partial charge in [0.1, 0.15) is 6.61 Å². The summed E-state index contributed by atoms with van der Waals surface area (Å²) in [6.07, 6.45) is 0.135. The van der Waals surface area contributed by atoms with E-state index in [1.165, 1.54) is 16.7 Å². The molecule has 0 bridgehead atoms. The molecule has 0 radical (unpaired) electrons. The van der Waals surface area contributed by atoms with E-state index in [2.05, 4.69) is 33.8 Å². The summed E-state index contributed by atoms with van der Waals surface area (Å²) in [5.74, 6) is -0.705. The van der Waals surface area contributed by atoms with Crippen LogP contribution >= 0.6 is 0 Å². The van der Waals surface area contributed by atoms with Crippen molar-refractivity contribution in [2.24, 2.45) is 0 Å². The second-order valence-corrected chi connectivity index (χ2v) is 8.50. The van der Waals surface area contributed by atoms with E-state index >= 15 is 0 Å². The molecule has 1 N–H and O–H groups in total. The Bertz CT molecular complexity index is 1350. The fraction of sp³-hybridized carbons (Fsp3) is 0.375. The number of esters is 1. The number of aromatic nitrogens is 2. The maximum absolute atomic E-state index is 13.3. The quantitative estimate of drug-likeness (QED) is 0.492. The Kier molecular flexibility index (Phi) is 3.81. The van der Waals surface area contributed by atoms with Gasteiger partial charge in [-0.05, 0) is 68.5 Å². The molecule has 1 aromatic carbocycles. The first-order valence-electron chi connectivity index (χ1n) is 10.3. The summed E-state index contributed by atoms with van der Waals surface area (Å²) in [4.78, 5) is 30.5. The molecule has 154 valence electrons. The van der Waals surface area contributed by atoms with E-state index in [0.717, 1.165) is 27.7 Å². The molecule has 0 saturated carbocycles. The Morgan fingerprint density at radius 3 is 2.50 bits per heavy atom. The Hall–Kier alpha value is -2.99. The minimum absolute atomic E-state index is 0.113. The molecule has 0 amide bonds. The SMILES string of the molecule is CC[C@@]1(O)C(=O)OCc2c1cc1n(c2=O)Cc2cc3c(C)c(C)c(C)c(C)c3nc2-1. The molecule has 0 spiro atoms. The lowest BCUT2D eigenvalue weighted by Crippen LogP contribution is -2.44. The number of nitrogens with zero attached hydrogens (tertiary/aromatic N) is 2. The zero-order valence-electron chi connectivity index (χ0n) is 17.8. The molecule has 2 aliphatic heterocycles. The smallest absolute Gasteiger partial charge is 0.343 e. The average molecular weight is 404 g/mol. The highest BCUT2D eigenvalue weighted by atomic mass is 16.6. The van der Waals surface area contributed by atoms with Gasteiger partial charge in [0.25, 0.3) is 5.56 Å². The molecule has 4 heterocycles. The molecule has 0 fully saturated rings. The predicted octanol–water partition coefficient (Wildman–Crippen LogP) is 3.31. The van der Waals surface area contributed by atoms with Gasteiger partial charge in [-0.15, -0.1) is 0 Å². The van der Waals surface area contributed by atoms with Gasteiger partial charge in [-0.25, -0.2) is 9.78 Å². The molecular formula is C24H24N2O4. The first-order chi connectivity index (χ1) is 14.2. The molecule has 0 unspecified atom stereocenters. The molecule has 1 atom stereocenters. The Labute approximate surface area is 174 Å². The number of ether oxygens (including phenoxy) is 1. The summed E-state index contributed by atoms with van der Waals surface area (Å²) >= 11 is 0. The van der Waals surface area contributed by atoms with Gasteiger partial charge >= 0.3 is 5.97 Å². The van der Waals surface area contributed by atoms with Crippen molar-refractivity contribution in [1.29, 1.82) is 0 Å². The zero-order chi connectivity index (χ0) is 21.5. The normalized spacial score (nSPS) is 19.5. The van der Waals surface area contributed by atoms with Crippen LogP contribution in [0.3, 0.4) is 0 Å². The molecule has 3 aromatic rings. The number of cyclic esters (lactones) is 1. The highest BCUT2D eigenvalue weighted by Gasteiger charge is 2.45. The summed E-state index contributed by atoms with van der Waals surface area (Å²) in [5.41, 5.74) is 6.75. The van der Waals surface area contributed by atoms with Crippen molar-refractivity contribution in [3.63, 3.8) is 0 Å². The van der Waals surface area contributed by atoms with Crippen LogP contribution in [0, 0.1) is 27.7 Å². The van der Waals surface area contributed by atoms with E-state index in [1.807, 2.05) is 0 Å². The fourth-order valence-electron chi connectivity index (χ4n) is 4.83. The molecule has 0 aliphatic carbocycles. The van der Waals surface area contributed by atoms with Gasteiger partial charge in [-0.2, -0.15) is 0 Å². The van der Waals surface area contributed by atoms with Gasteiger partial charge in [0.2, 0.25) is 0 Å². The molecular weight excluding hydrogens is 380 g/mol. The third-order valence-corrected chi connectivity index (χ3v) is 7.16. The zero-order valence-corrected chi connectivity index (χ0v) is 17.8. The van der Waals surface area contributed by atoms with Crippen LogP contribution in [0.2, 0.25) is 0 Å². The van der Waals surface area contributed by atoms with E-state index in [4.69, 9.17) is 9.72 Å². The van der Waals surface area contributed by atoms with Crippen molar-refractivity contribution < 1.29 is 14.6 Å². The molecule has 2 aromatic heterocycles. The van der Waals surface area contributed by atoms with Crippen molar-refractivity contribution in [1.82, 2.24) is 9.55 Å². The molecule has 5 rings (SSSR count). The lowest BCUT2D eigenvalue weighted by molar-refractivity contribution is -0.172. The number of carbonyl (C=O) groups excluding carboxylic acids is 1. The first kappa shape index (κ1) is 19.0. The Balaban J connectivity index is 1.83. The molecule has 6 heteroatoms. The van der Waals surface area contributed by atoms with Crippen molar-refractivity contribution >= 4 is 16.9 Å². The number of aryl methyl sites for hydroxylation is 2. The van der Waals surface area contributed by atoms with E-state index < -0.39 is 11.6 Å². The van der Waals surface area contributed by atoms with Crippen LogP contribution in [0.5, 0.6) is 0 Å². The number of rotatable bonds is 1. The third-order valence-electron chi connectivity index (χ3n) is 7.16. The standard InChI is InChI=1S/C24H24N2O4/c1-6-24(29)18-8-19-21-15(9-26(19)22(27)17(18)10-30-23(24)28)7-16-13(4)11(2)12(3)14(5)20(16)25-21/h7-8,29H,6,9-10H2,1-5H3/t24-/m0/s1. The van der Waals surface area contributed by atoms with E-state index in [9.17, 15) is 14.7 Å². The maximum Gasteiger partial charge on any atom is 0.343 e. The highest BCUT2D eigenvalue weighted by molar-refractivity contribution is 5.91. The second kappa shape index (κ2) is 6.01. The van der Waals surface area contributed by atoms with Crippen LogP contribution in [0.15, 0.2) is 16.9 Å². The van der Waals surface area contributed by atoms with Crippen molar-refractivity contribution in [2.75, 3.05) is 0 Å². The van der Waals surface area contributed by atoms with Crippen LogP contribution in [0.1, 0.15) is 52.3 Å². The Morgan fingerprint density at radius 1 is 1.10 bits per heavy atom. The van der Waals surface area contributed by atoms with Crippen molar-refractivity contribution in [3.8, 4) is 11.4 Å². The highest BCUT2D eigenvalue weighted by Crippen LogP contribution is 2.39. The molecule has 6 nitrogen and oxygen atoms in total. The number of carbonyl (C=O) groups is 1. The number of pyridine rings is 2. The van der Waals surface area contributed by atoms with Crippen LogP contribution < -0.4 is 5.56 Å².